The summed E-state index contributed by atoms with van der Waals surface area (Å²) in [6.07, 6.45) is -0.736. The minimum Gasteiger partial charge on any atom is -0.483 e. The molecule has 114 valence electrons. The molecule has 0 aromatic heterocycles. The van der Waals surface area contributed by atoms with Gasteiger partial charge in [0.1, 0.15) is 11.8 Å². The molecule has 6 heteroatoms. The molecule has 1 aliphatic heterocycles. The van der Waals surface area contributed by atoms with Crippen LogP contribution in [-0.2, 0) is 9.59 Å². The van der Waals surface area contributed by atoms with Gasteiger partial charge >= 0.3 is 5.97 Å². The van der Waals surface area contributed by atoms with Crippen molar-refractivity contribution in [3.8, 4) is 5.75 Å². The second-order valence-corrected chi connectivity index (χ2v) is 5.28. The van der Waals surface area contributed by atoms with E-state index in [0.29, 0.717) is 5.75 Å². The third-order valence-electron chi connectivity index (χ3n) is 3.79. The Bertz CT molecular complexity index is 557. The fourth-order valence-electron chi connectivity index (χ4n) is 2.43. The normalized spacial score (nSPS) is 21.4. The molecule has 1 fully saturated rings. The van der Waals surface area contributed by atoms with Gasteiger partial charge in [0.25, 0.3) is 5.91 Å². The molecule has 0 spiro atoms. The summed E-state index contributed by atoms with van der Waals surface area (Å²) >= 11 is 0. The van der Waals surface area contributed by atoms with Crippen LogP contribution in [0.4, 0.5) is 0 Å². The first-order valence-corrected chi connectivity index (χ1v) is 6.79. The highest BCUT2D eigenvalue weighted by Gasteiger charge is 2.38. The molecule has 2 N–H and O–H groups in total. The molecule has 1 saturated heterocycles. The number of hydrogen-bond donors (Lipinski definition) is 2. The number of β-amino-alcohol motifs (C(OH)–C–C–N with tert-alkyl or cyclic N) is 1. The predicted octanol–water partition coefficient (Wildman–Crippen LogP) is 0.729. The topological polar surface area (TPSA) is 87.1 Å². The highest BCUT2D eigenvalue weighted by Crippen LogP contribution is 2.22. The first-order chi connectivity index (χ1) is 9.90. The van der Waals surface area contributed by atoms with Crippen LogP contribution in [0.25, 0.3) is 0 Å². The lowest BCUT2D eigenvalue weighted by atomic mass is 10.1. The van der Waals surface area contributed by atoms with Crippen molar-refractivity contribution < 1.29 is 24.5 Å². The van der Waals surface area contributed by atoms with Crippen molar-refractivity contribution in [1.82, 2.24) is 4.90 Å². The molecule has 21 heavy (non-hydrogen) atoms. The minimum absolute atomic E-state index is 0.0337. The summed E-state index contributed by atoms with van der Waals surface area (Å²) in [5, 5.41) is 18.6. The number of aryl methyl sites for hydroxylation is 1. The van der Waals surface area contributed by atoms with Crippen LogP contribution in [0.2, 0.25) is 0 Å². The number of amides is 1. The summed E-state index contributed by atoms with van der Waals surface area (Å²) < 4.78 is 5.49. The molecule has 0 aliphatic carbocycles. The number of carboxylic acid groups (broad SMARTS) is 1. The molecule has 1 aromatic carbocycles. The zero-order valence-corrected chi connectivity index (χ0v) is 12.1. The Hall–Kier alpha value is -2.08. The van der Waals surface area contributed by atoms with Crippen LogP contribution in [0, 0.1) is 13.8 Å². The van der Waals surface area contributed by atoms with Crippen LogP contribution in [0.5, 0.6) is 5.75 Å². The molecule has 2 unspecified atom stereocenters. The van der Waals surface area contributed by atoms with Gasteiger partial charge in [0, 0.05) is 13.0 Å². The highest BCUT2D eigenvalue weighted by atomic mass is 16.5. The van der Waals surface area contributed by atoms with Gasteiger partial charge < -0.3 is 19.8 Å². The Morgan fingerprint density at radius 3 is 2.76 bits per heavy atom. The van der Waals surface area contributed by atoms with Crippen LogP contribution in [0.3, 0.4) is 0 Å². The largest absolute Gasteiger partial charge is 0.483 e. The summed E-state index contributed by atoms with van der Waals surface area (Å²) in [4.78, 5) is 24.4. The van der Waals surface area contributed by atoms with Crippen molar-refractivity contribution in [2.75, 3.05) is 13.2 Å². The standard InChI is InChI=1S/C15H19NO5/c1-9-4-3-5-13(10(9)2)21-8-14(18)16-7-11(17)6-12(16)15(19)20/h3-5,11-12,17H,6-8H2,1-2H3,(H,19,20). The van der Waals surface area contributed by atoms with Gasteiger partial charge in [0.05, 0.1) is 6.10 Å². The molecule has 1 heterocycles. The summed E-state index contributed by atoms with van der Waals surface area (Å²) in [7, 11) is 0. The monoisotopic (exact) mass is 293 g/mol. The molecular formula is C15H19NO5. The van der Waals surface area contributed by atoms with Crippen LogP contribution in [-0.4, -0.2) is 52.3 Å². The third kappa shape index (κ3) is 3.33. The van der Waals surface area contributed by atoms with E-state index >= 15 is 0 Å². The lowest BCUT2D eigenvalue weighted by Gasteiger charge is -2.21. The number of carbonyl (C=O) groups is 2. The average molecular weight is 293 g/mol. The Morgan fingerprint density at radius 2 is 2.10 bits per heavy atom. The Kier molecular flexibility index (Phi) is 4.47. The molecule has 0 bridgehead atoms. The van der Waals surface area contributed by atoms with E-state index in [9.17, 15) is 14.7 Å². The average Bonchev–Trinajstić information content (AvgIpc) is 2.82. The fourth-order valence-corrected chi connectivity index (χ4v) is 2.43. The van der Waals surface area contributed by atoms with Crippen molar-refractivity contribution in [1.29, 1.82) is 0 Å². The van der Waals surface area contributed by atoms with Gasteiger partial charge in [-0.1, -0.05) is 12.1 Å². The van der Waals surface area contributed by atoms with E-state index in [0.717, 1.165) is 16.0 Å². The van der Waals surface area contributed by atoms with Crippen molar-refractivity contribution in [2.45, 2.75) is 32.4 Å². The molecule has 0 radical (unpaired) electrons. The molecular weight excluding hydrogens is 274 g/mol. The number of likely N-dealkylation sites (tertiary alicyclic amines) is 1. The van der Waals surface area contributed by atoms with E-state index in [1.54, 1.807) is 6.07 Å². The van der Waals surface area contributed by atoms with Crippen LogP contribution in [0.1, 0.15) is 17.5 Å². The summed E-state index contributed by atoms with van der Waals surface area (Å²) in [5.41, 5.74) is 2.00. The van der Waals surface area contributed by atoms with Crippen molar-refractivity contribution in [2.24, 2.45) is 0 Å². The highest BCUT2D eigenvalue weighted by molar-refractivity contribution is 5.85. The zero-order chi connectivity index (χ0) is 15.6. The van der Waals surface area contributed by atoms with Gasteiger partial charge in [0.2, 0.25) is 0 Å². The maximum atomic E-state index is 12.1. The molecule has 1 aliphatic rings. The number of hydrogen-bond acceptors (Lipinski definition) is 4. The van der Waals surface area contributed by atoms with Crippen molar-refractivity contribution in [3.63, 3.8) is 0 Å². The van der Waals surface area contributed by atoms with Crippen LogP contribution in [0.15, 0.2) is 18.2 Å². The quantitative estimate of drug-likeness (QED) is 0.854. The summed E-state index contributed by atoms with van der Waals surface area (Å²) in [6, 6.07) is 4.57. The van der Waals surface area contributed by atoms with Gasteiger partial charge in [-0.25, -0.2) is 4.79 Å². The SMILES string of the molecule is Cc1cccc(OCC(=O)N2CC(O)CC2C(=O)O)c1C. The summed E-state index contributed by atoms with van der Waals surface area (Å²) in [6.45, 7) is 3.64. The number of nitrogens with zero attached hydrogens (tertiary/aromatic N) is 1. The number of carbonyl (C=O) groups excluding carboxylic acids is 1. The Morgan fingerprint density at radius 1 is 1.38 bits per heavy atom. The Balaban J connectivity index is 2.01. The number of ether oxygens (including phenoxy) is 1. The zero-order valence-electron chi connectivity index (χ0n) is 12.1. The van der Waals surface area contributed by atoms with Gasteiger partial charge in [-0.05, 0) is 31.0 Å². The van der Waals surface area contributed by atoms with E-state index in [4.69, 9.17) is 9.84 Å². The number of aliphatic hydroxyl groups is 1. The van der Waals surface area contributed by atoms with E-state index in [2.05, 4.69) is 0 Å². The minimum atomic E-state index is -1.10. The number of rotatable bonds is 4. The Labute approximate surface area is 122 Å². The van der Waals surface area contributed by atoms with Crippen molar-refractivity contribution in [3.05, 3.63) is 29.3 Å². The predicted molar refractivity (Wildman–Crippen MR) is 75.2 cm³/mol. The maximum absolute atomic E-state index is 12.1. The number of aliphatic carboxylic acids is 1. The molecule has 1 amide bonds. The smallest absolute Gasteiger partial charge is 0.326 e. The maximum Gasteiger partial charge on any atom is 0.326 e. The van der Waals surface area contributed by atoms with E-state index in [1.807, 2.05) is 26.0 Å². The second kappa shape index (κ2) is 6.13. The van der Waals surface area contributed by atoms with Crippen LogP contribution >= 0.6 is 0 Å². The molecule has 6 nitrogen and oxygen atoms in total. The van der Waals surface area contributed by atoms with E-state index in [1.165, 1.54) is 0 Å². The van der Waals surface area contributed by atoms with Crippen LogP contribution < -0.4 is 4.74 Å². The fraction of sp³-hybridized carbons (Fsp3) is 0.467. The number of carboxylic acids is 1. The molecule has 1 aromatic rings. The summed E-state index contributed by atoms with van der Waals surface area (Å²) in [5.74, 6) is -0.929. The lowest BCUT2D eigenvalue weighted by molar-refractivity contribution is -0.149. The first-order valence-electron chi connectivity index (χ1n) is 6.79. The van der Waals surface area contributed by atoms with Gasteiger partial charge in [0.15, 0.2) is 6.61 Å². The van der Waals surface area contributed by atoms with E-state index < -0.39 is 24.0 Å². The molecule has 0 saturated carbocycles. The second-order valence-electron chi connectivity index (χ2n) is 5.28. The number of benzene rings is 1. The first kappa shape index (κ1) is 15.3. The van der Waals surface area contributed by atoms with Gasteiger partial charge in [-0.2, -0.15) is 0 Å². The lowest BCUT2D eigenvalue weighted by Crippen LogP contribution is -2.43. The van der Waals surface area contributed by atoms with Crippen molar-refractivity contribution >= 4 is 11.9 Å². The van der Waals surface area contributed by atoms with Gasteiger partial charge in [-0.3, -0.25) is 4.79 Å². The third-order valence-corrected chi connectivity index (χ3v) is 3.79. The number of aliphatic hydroxyl groups excluding tert-OH is 1. The molecule has 2 atom stereocenters. The van der Waals surface area contributed by atoms with E-state index in [-0.39, 0.29) is 19.6 Å². The van der Waals surface area contributed by atoms with Gasteiger partial charge in [-0.15, -0.1) is 0 Å². The molecule has 2 rings (SSSR count).